The van der Waals surface area contributed by atoms with E-state index in [4.69, 9.17) is 0 Å². The quantitative estimate of drug-likeness (QED) is 0.781. The van der Waals surface area contributed by atoms with Gasteiger partial charge in [0.1, 0.15) is 6.04 Å². The normalized spacial score (nSPS) is 13.7. The molecule has 0 unspecified atom stereocenters. The molecule has 0 saturated carbocycles. The number of anilines is 3. The number of carbonyl (C=O) groups is 2. The van der Waals surface area contributed by atoms with Crippen LogP contribution in [0.4, 0.5) is 17.1 Å². The molecule has 25 heavy (non-hydrogen) atoms. The number of aryl methyl sites for hydroxylation is 2. The lowest BCUT2D eigenvalue weighted by Crippen LogP contribution is -2.31. The van der Waals surface area contributed by atoms with E-state index in [1.54, 1.807) is 24.3 Å². The van der Waals surface area contributed by atoms with E-state index in [-0.39, 0.29) is 17.9 Å². The standard InChI is InChI=1S/C20H23N3O2/c1-13(21-19-7-6-15-4-3-5-16(15)12-19)20(25)23-18-10-8-17(9-11-18)22-14(2)24/h6-13,21H,3-5H2,1-2H3,(H,22,24)(H,23,25)/t13-/m0/s1. The highest BCUT2D eigenvalue weighted by Gasteiger charge is 2.15. The van der Waals surface area contributed by atoms with Crippen LogP contribution in [-0.4, -0.2) is 17.9 Å². The van der Waals surface area contributed by atoms with E-state index in [1.807, 2.05) is 13.0 Å². The third-order valence-electron chi connectivity index (χ3n) is 4.35. The van der Waals surface area contributed by atoms with Gasteiger partial charge in [-0.25, -0.2) is 0 Å². The molecule has 1 aliphatic rings. The highest BCUT2D eigenvalue weighted by atomic mass is 16.2. The largest absolute Gasteiger partial charge is 0.374 e. The van der Waals surface area contributed by atoms with Crippen molar-refractivity contribution in [3.63, 3.8) is 0 Å². The molecule has 2 amide bonds. The van der Waals surface area contributed by atoms with E-state index < -0.39 is 0 Å². The maximum absolute atomic E-state index is 12.4. The smallest absolute Gasteiger partial charge is 0.246 e. The number of hydrogen-bond donors (Lipinski definition) is 3. The van der Waals surface area contributed by atoms with E-state index in [0.717, 1.165) is 18.5 Å². The molecule has 130 valence electrons. The Morgan fingerprint density at radius 3 is 2.16 bits per heavy atom. The van der Waals surface area contributed by atoms with Gasteiger partial charge in [-0.2, -0.15) is 0 Å². The van der Waals surface area contributed by atoms with Gasteiger partial charge in [0.05, 0.1) is 0 Å². The zero-order chi connectivity index (χ0) is 17.8. The average Bonchev–Trinajstić information content (AvgIpc) is 3.03. The Kier molecular flexibility index (Phi) is 5.03. The summed E-state index contributed by atoms with van der Waals surface area (Å²) in [6.45, 7) is 3.30. The van der Waals surface area contributed by atoms with E-state index in [9.17, 15) is 9.59 Å². The number of benzene rings is 2. The average molecular weight is 337 g/mol. The molecule has 0 heterocycles. The van der Waals surface area contributed by atoms with Crippen molar-refractivity contribution in [3.05, 3.63) is 53.6 Å². The second-order valence-electron chi connectivity index (χ2n) is 6.45. The van der Waals surface area contributed by atoms with Crippen LogP contribution < -0.4 is 16.0 Å². The first-order valence-electron chi connectivity index (χ1n) is 8.58. The van der Waals surface area contributed by atoms with Crippen molar-refractivity contribution in [3.8, 4) is 0 Å². The lowest BCUT2D eigenvalue weighted by atomic mass is 10.1. The summed E-state index contributed by atoms with van der Waals surface area (Å²) in [4.78, 5) is 23.4. The molecule has 0 spiro atoms. The Morgan fingerprint density at radius 2 is 1.48 bits per heavy atom. The van der Waals surface area contributed by atoms with Crippen molar-refractivity contribution >= 4 is 28.9 Å². The fourth-order valence-electron chi connectivity index (χ4n) is 3.07. The van der Waals surface area contributed by atoms with Crippen LogP contribution >= 0.6 is 0 Å². The summed E-state index contributed by atoms with van der Waals surface area (Å²) in [6.07, 6.45) is 3.48. The van der Waals surface area contributed by atoms with Crippen molar-refractivity contribution in [2.24, 2.45) is 0 Å². The summed E-state index contributed by atoms with van der Waals surface area (Å²) in [6, 6.07) is 13.0. The Balaban J connectivity index is 1.58. The van der Waals surface area contributed by atoms with Crippen LogP contribution in [0.15, 0.2) is 42.5 Å². The SMILES string of the molecule is CC(=O)Nc1ccc(NC(=O)[C@H](C)Nc2ccc3c(c2)CCC3)cc1. The molecule has 1 atom stereocenters. The predicted molar refractivity (Wildman–Crippen MR) is 101 cm³/mol. The van der Waals surface area contributed by atoms with Crippen LogP contribution in [0.2, 0.25) is 0 Å². The van der Waals surface area contributed by atoms with Crippen LogP contribution in [0, 0.1) is 0 Å². The first-order valence-corrected chi connectivity index (χ1v) is 8.58. The van der Waals surface area contributed by atoms with E-state index in [2.05, 4.69) is 28.1 Å². The van der Waals surface area contributed by atoms with Gasteiger partial charge in [-0.1, -0.05) is 6.07 Å². The Labute approximate surface area is 147 Å². The minimum absolute atomic E-state index is 0.104. The fourth-order valence-corrected chi connectivity index (χ4v) is 3.07. The molecule has 0 radical (unpaired) electrons. The summed E-state index contributed by atoms with van der Waals surface area (Å²) in [5.74, 6) is -0.225. The van der Waals surface area contributed by atoms with E-state index in [1.165, 1.54) is 24.5 Å². The summed E-state index contributed by atoms with van der Waals surface area (Å²) >= 11 is 0. The predicted octanol–water partition coefficient (Wildman–Crippen LogP) is 3.57. The van der Waals surface area contributed by atoms with Gasteiger partial charge in [-0.3, -0.25) is 9.59 Å². The van der Waals surface area contributed by atoms with E-state index >= 15 is 0 Å². The number of nitrogens with one attached hydrogen (secondary N) is 3. The third-order valence-corrected chi connectivity index (χ3v) is 4.35. The Hall–Kier alpha value is -2.82. The van der Waals surface area contributed by atoms with Gasteiger partial charge in [0.2, 0.25) is 11.8 Å². The number of hydrogen-bond acceptors (Lipinski definition) is 3. The molecule has 3 N–H and O–H groups in total. The van der Waals surface area contributed by atoms with Gasteiger partial charge in [0.25, 0.3) is 0 Å². The monoisotopic (exact) mass is 337 g/mol. The molecule has 0 aromatic heterocycles. The summed E-state index contributed by atoms with van der Waals surface area (Å²) < 4.78 is 0. The molecule has 0 saturated heterocycles. The van der Waals surface area contributed by atoms with Crippen molar-refractivity contribution in [2.75, 3.05) is 16.0 Å². The highest BCUT2D eigenvalue weighted by Crippen LogP contribution is 2.25. The highest BCUT2D eigenvalue weighted by molar-refractivity contribution is 5.96. The second-order valence-corrected chi connectivity index (χ2v) is 6.45. The van der Waals surface area contributed by atoms with Crippen molar-refractivity contribution in [1.82, 2.24) is 0 Å². The molecule has 2 aromatic carbocycles. The molecule has 3 rings (SSSR count). The Bertz CT molecular complexity index is 784. The zero-order valence-corrected chi connectivity index (χ0v) is 14.6. The van der Waals surface area contributed by atoms with Crippen molar-refractivity contribution in [1.29, 1.82) is 0 Å². The van der Waals surface area contributed by atoms with Crippen molar-refractivity contribution < 1.29 is 9.59 Å². The fraction of sp³-hybridized carbons (Fsp3) is 0.300. The maximum atomic E-state index is 12.4. The van der Waals surface area contributed by atoms with Crippen molar-refractivity contribution in [2.45, 2.75) is 39.2 Å². The molecule has 0 fully saturated rings. The van der Waals surface area contributed by atoms with Gasteiger partial charge in [0, 0.05) is 24.0 Å². The van der Waals surface area contributed by atoms with Crippen LogP contribution in [0.5, 0.6) is 0 Å². The molecule has 5 nitrogen and oxygen atoms in total. The van der Waals surface area contributed by atoms with Crippen LogP contribution in [0.25, 0.3) is 0 Å². The third kappa shape index (κ3) is 4.38. The first-order chi connectivity index (χ1) is 12.0. The van der Waals surface area contributed by atoms with Gasteiger partial charge < -0.3 is 16.0 Å². The summed E-state index contributed by atoms with van der Waals surface area (Å²) in [7, 11) is 0. The molecule has 2 aromatic rings. The number of amides is 2. The maximum Gasteiger partial charge on any atom is 0.246 e. The molecule has 0 aliphatic heterocycles. The van der Waals surface area contributed by atoms with Crippen LogP contribution in [-0.2, 0) is 22.4 Å². The summed E-state index contributed by atoms with van der Waals surface area (Å²) in [5.41, 5.74) is 5.17. The minimum Gasteiger partial charge on any atom is -0.374 e. The molecule has 5 heteroatoms. The minimum atomic E-state index is -0.352. The van der Waals surface area contributed by atoms with Gasteiger partial charge in [-0.05, 0) is 73.7 Å². The van der Waals surface area contributed by atoms with Crippen LogP contribution in [0.1, 0.15) is 31.4 Å². The van der Waals surface area contributed by atoms with Gasteiger partial charge in [0.15, 0.2) is 0 Å². The number of fused-ring (bicyclic) bond motifs is 1. The lowest BCUT2D eigenvalue weighted by molar-refractivity contribution is -0.116. The summed E-state index contributed by atoms with van der Waals surface area (Å²) in [5, 5.41) is 8.84. The van der Waals surface area contributed by atoms with E-state index in [0.29, 0.717) is 11.4 Å². The zero-order valence-electron chi connectivity index (χ0n) is 14.6. The molecule has 1 aliphatic carbocycles. The molecule has 0 bridgehead atoms. The number of rotatable bonds is 5. The molecular formula is C20H23N3O2. The number of carbonyl (C=O) groups excluding carboxylic acids is 2. The topological polar surface area (TPSA) is 70.2 Å². The van der Waals surface area contributed by atoms with Gasteiger partial charge >= 0.3 is 0 Å². The second kappa shape index (κ2) is 7.38. The Morgan fingerprint density at radius 1 is 0.880 bits per heavy atom. The van der Waals surface area contributed by atoms with Crippen LogP contribution in [0.3, 0.4) is 0 Å². The first kappa shape index (κ1) is 17.0. The molecular weight excluding hydrogens is 314 g/mol. The lowest BCUT2D eigenvalue weighted by Gasteiger charge is -2.16. The van der Waals surface area contributed by atoms with Gasteiger partial charge in [-0.15, -0.1) is 0 Å².